The highest BCUT2D eigenvalue weighted by molar-refractivity contribution is 5.50. The molecule has 0 radical (unpaired) electrons. The fourth-order valence-electron chi connectivity index (χ4n) is 2.63. The maximum Gasteiger partial charge on any atom is 0.146 e. The van der Waals surface area contributed by atoms with E-state index in [1.54, 1.807) is 6.07 Å². The Kier molecular flexibility index (Phi) is 3.06. The molecule has 1 aliphatic heterocycles. The third-order valence-electron chi connectivity index (χ3n) is 3.50. The molecule has 0 N–H and O–H groups in total. The molecule has 0 bridgehead atoms. The third kappa shape index (κ3) is 2.26. The van der Waals surface area contributed by atoms with Gasteiger partial charge < -0.3 is 4.90 Å². The Morgan fingerprint density at radius 3 is 2.71 bits per heavy atom. The second-order valence-corrected chi connectivity index (χ2v) is 5.23. The van der Waals surface area contributed by atoms with E-state index >= 15 is 0 Å². The molecule has 1 heterocycles. The molecule has 3 heteroatoms. The van der Waals surface area contributed by atoms with Crippen molar-refractivity contribution in [2.75, 3.05) is 11.4 Å². The molecule has 0 aromatic heterocycles. The van der Waals surface area contributed by atoms with Crippen LogP contribution in [-0.4, -0.2) is 12.1 Å². The number of anilines is 1. The molecule has 0 spiro atoms. The molecule has 1 unspecified atom stereocenters. The second kappa shape index (κ2) is 4.37. The molecular formula is C14H17FN2. The first-order chi connectivity index (χ1) is 8.04. The van der Waals surface area contributed by atoms with Gasteiger partial charge in [0.25, 0.3) is 0 Å². The van der Waals surface area contributed by atoms with Gasteiger partial charge in [0.15, 0.2) is 0 Å². The largest absolute Gasteiger partial charge is 0.364 e. The molecule has 1 saturated heterocycles. The Hall–Kier alpha value is -1.56. The van der Waals surface area contributed by atoms with Gasteiger partial charge in [-0.2, -0.15) is 5.26 Å². The zero-order chi connectivity index (χ0) is 12.5. The van der Waals surface area contributed by atoms with Crippen molar-refractivity contribution in [2.45, 2.75) is 32.2 Å². The summed E-state index contributed by atoms with van der Waals surface area (Å²) < 4.78 is 13.8. The van der Waals surface area contributed by atoms with Crippen LogP contribution in [-0.2, 0) is 0 Å². The molecule has 1 aromatic carbocycles. The topological polar surface area (TPSA) is 27.0 Å². The van der Waals surface area contributed by atoms with Crippen molar-refractivity contribution in [3.8, 4) is 6.07 Å². The minimum absolute atomic E-state index is 0.0908. The molecule has 2 rings (SSSR count). The predicted molar refractivity (Wildman–Crippen MR) is 66.2 cm³/mol. The second-order valence-electron chi connectivity index (χ2n) is 5.23. The minimum Gasteiger partial charge on any atom is -0.364 e. The number of hydrogen-bond acceptors (Lipinski definition) is 2. The van der Waals surface area contributed by atoms with E-state index in [1.807, 2.05) is 12.1 Å². The van der Waals surface area contributed by atoms with Crippen molar-refractivity contribution in [3.63, 3.8) is 0 Å². The van der Waals surface area contributed by atoms with Crippen LogP contribution < -0.4 is 4.90 Å². The van der Waals surface area contributed by atoms with Crippen molar-refractivity contribution in [1.29, 1.82) is 5.26 Å². The molecule has 2 nitrogen and oxygen atoms in total. The van der Waals surface area contributed by atoms with Crippen LogP contribution in [0.5, 0.6) is 0 Å². The Labute approximate surface area is 102 Å². The van der Waals surface area contributed by atoms with Crippen LogP contribution in [0.15, 0.2) is 24.3 Å². The average Bonchev–Trinajstić information content (AvgIpc) is 2.29. The molecule has 0 saturated carbocycles. The highest BCUT2D eigenvalue weighted by Gasteiger charge is 2.35. The van der Waals surface area contributed by atoms with Crippen LogP contribution in [0, 0.1) is 23.1 Å². The van der Waals surface area contributed by atoms with E-state index in [2.05, 4.69) is 24.8 Å². The summed E-state index contributed by atoms with van der Waals surface area (Å²) in [5, 5.41) is 8.99. The van der Waals surface area contributed by atoms with Crippen LogP contribution in [0.4, 0.5) is 10.1 Å². The summed E-state index contributed by atoms with van der Waals surface area (Å²) in [5.41, 5.74) is 0.481. The van der Waals surface area contributed by atoms with Crippen LogP contribution in [0.3, 0.4) is 0 Å². The van der Waals surface area contributed by atoms with Crippen LogP contribution in [0.2, 0.25) is 0 Å². The summed E-state index contributed by atoms with van der Waals surface area (Å²) >= 11 is 0. The maximum atomic E-state index is 13.8. The van der Waals surface area contributed by atoms with Crippen molar-refractivity contribution >= 4 is 5.69 Å². The fraction of sp³-hybridized carbons (Fsp3) is 0.500. The number of hydrogen-bond donors (Lipinski definition) is 0. The number of halogens is 1. The van der Waals surface area contributed by atoms with Crippen molar-refractivity contribution in [3.05, 3.63) is 30.1 Å². The Morgan fingerprint density at radius 1 is 1.41 bits per heavy atom. The zero-order valence-electron chi connectivity index (χ0n) is 10.3. The molecule has 1 aromatic rings. The van der Waals surface area contributed by atoms with Gasteiger partial charge in [-0.15, -0.1) is 0 Å². The van der Waals surface area contributed by atoms with Crippen LogP contribution >= 0.6 is 0 Å². The molecule has 1 aliphatic rings. The Bertz CT molecular complexity index is 448. The van der Waals surface area contributed by atoms with Gasteiger partial charge in [0.05, 0.1) is 17.7 Å². The Balaban J connectivity index is 2.29. The lowest BCUT2D eigenvalue weighted by Gasteiger charge is -2.45. The van der Waals surface area contributed by atoms with Gasteiger partial charge in [-0.1, -0.05) is 12.1 Å². The number of rotatable bonds is 1. The number of nitriles is 1. The monoisotopic (exact) mass is 232 g/mol. The quantitative estimate of drug-likeness (QED) is 0.742. The lowest BCUT2D eigenvalue weighted by atomic mass is 9.83. The van der Waals surface area contributed by atoms with E-state index in [0.29, 0.717) is 5.69 Å². The van der Waals surface area contributed by atoms with Gasteiger partial charge in [0.2, 0.25) is 0 Å². The SMILES string of the molecule is CC1(C)CC(C#N)CCN1c1ccccc1F. The molecule has 0 aliphatic carbocycles. The first kappa shape index (κ1) is 11.9. The van der Waals surface area contributed by atoms with Crippen molar-refractivity contribution in [1.82, 2.24) is 0 Å². The molecule has 17 heavy (non-hydrogen) atoms. The predicted octanol–water partition coefficient (Wildman–Crippen LogP) is 3.34. The first-order valence-electron chi connectivity index (χ1n) is 5.96. The van der Waals surface area contributed by atoms with Gasteiger partial charge in [0.1, 0.15) is 5.82 Å². The summed E-state index contributed by atoms with van der Waals surface area (Å²) in [6.45, 7) is 4.89. The third-order valence-corrected chi connectivity index (χ3v) is 3.50. The number of piperidine rings is 1. The van der Waals surface area contributed by atoms with E-state index in [4.69, 9.17) is 5.26 Å². The van der Waals surface area contributed by atoms with Gasteiger partial charge >= 0.3 is 0 Å². The lowest BCUT2D eigenvalue weighted by molar-refractivity contribution is 0.313. The van der Waals surface area contributed by atoms with Crippen LogP contribution in [0.1, 0.15) is 26.7 Å². The highest BCUT2D eigenvalue weighted by Crippen LogP contribution is 2.36. The van der Waals surface area contributed by atoms with Crippen molar-refractivity contribution < 1.29 is 4.39 Å². The van der Waals surface area contributed by atoms with E-state index in [1.165, 1.54) is 6.07 Å². The van der Waals surface area contributed by atoms with E-state index in [-0.39, 0.29) is 17.3 Å². The standard InChI is InChI=1S/C14H17FN2/c1-14(2)9-11(10-16)7-8-17(14)13-6-4-3-5-12(13)15/h3-6,11H,7-9H2,1-2H3. The number of para-hydroxylation sites is 1. The zero-order valence-corrected chi connectivity index (χ0v) is 10.3. The molecule has 90 valence electrons. The van der Waals surface area contributed by atoms with Gasteiger partial charge in [-0.05, 0) is 38.8 Å². The molecular weight excluding hydrogens is 215 g/mol. The van der Waals surface area contributed by atoms with Gasteiger partial charge in [-0.25, -0.2) is 4.39 Å². The van der Waals surface area contributed by atoms with E-state index in [0.717, 1.165) is 19.4 Å². The average molecular weight is 232 g/mol. The molecule has 1 fully saturated rings. The highest BCUT2D eigenvalue weighted by atomic mass is 19.1. The van der Waals surface area contributed by atoms with Gasteiger partial charge in [-0.3, -0.25) is 0 Å². The van der Waals surface area contributed by atoms with Crippen LogP contribution in [0.25, 0.3) is 0 Å². The summed E-state index contributed by atoms with van der Waals surface area (Å²) in [6, 6.07) is 9.18. The summed E-state index contributed by atoms with van der Waals surface area (Å²) in [4.78, 5) is 2.08. The van der Waals surface area contributed by atoms with E-state index in [9.17, 15) is 4.39 Å². The fourth-order valence-corrected chi connectivity index (χ4v) is 2.63. The number of nitrogens with zero attached hydrogens (tertiary/aromatic N) is 2. The summed E-state index contributed by atoms with van der Waals surface area (Å²) in [7, 11) is 0. The number of benzene rings is 1. The lowest BCUT2D eigenvalue weighted by Crippen LogP contribution is -2.50. The Morgan fingerprint density at radius 2 is 2.12 bits per heavy atom. The van der Waals surface area contributed by atoms with Crippen molar-refractivity contribution in [2.24, 2.45) is 5.92 Å². The molecule has 0 amide bonds. The summed E-state index contributed by atoms with van der Waals surface area (Å²) in [5.74, 6) is -0.0935. The smallest absolute Gasteiger partial charge is 0.146 e. The summed E-state index contributed by atoms with van der Waals surface area (Å²) in [6.07, 6.45) is 1.60. The normalized spacial score (nSPS) is 23.2. The van der Waals surface area contributed by atoms with E-state index < -0.39 is 0 Å². The minimum atomic E-state index is -0.184. The van der Waals surface area contributed by atoms with Gasteiger partial charge in [0, 0.05) is 12.1 Å². The maximum absolute atomic E-state index is 13.8. The molecule has 1 atom stereocenters. The first-order valence-corrected chi connectivity index (χ1v) is 5.96.